The number of nitrogens with zero attached hydrogens (tertiary/aromatic N) is 4. The lowest BCUT2D eigenvalue weighted by Crippen LogP contribution is -2.33. The Morgan fingerprint density at radius 2 is 1.88 bits per heavy atom. The first-order valence-electron chi connectivity index (χ1n) is 9.92. The van der Waals surface area contributed by atoms with Gasteiger partial charge in [0, 0.05) is 24.6 Å². The first-order valence-corrected chi connectivity index (χ1v) is 10.3. The summed E-state index contributed by atoms with van der Waals surface area (Å²) in [5, 5.41) is 9.23. The predicted octanol–water partition coefficient (Wildman–Crippen LogP) is 4.29. The average Bonchev–Trinajstić information content (AvgIpc) is 3.05. The third-order valence-electron chi connectivity index (χ3n) is 5.62. The van der Waals surface area contributed by atoms with Crippen LogP contribution in [0, 0.1) is 11.6 Å². The second-order valence-corrected chi connectivity index (χ2v) is 8.51. The molecule has 0 amide bonds. The van der Waals surface area contributed by atoms with Gasteiger partial charge in [-0.25, -0.2) is 35.8 Å². The van der Waals surface area contributed by atoms with E-state index in [1.807, 2.05) is 0 Å². The van der Waals surface area contributed by atoms with E-state index < -0.39 is 48.5 Å². The monoisotopic (exact) mass is 486 g/mol. The first kappa shape index (κ1) is 21.7. The molecule has 174 valence electrons. The third kappa shape index (κ3) is 4.16. The topological polar surface area (TPSA) is 57.5 Å². The van der Waals surface area contributed by atoms with Gasteiger partial charge in [-0.1, -0.05) is 0 Å². The van der Waals surface area contributed by atoms with Crippen LogP contribution in [0.1, 0.15) is 24.4 Å². The zero-order chi connectivity index (χ0) is 23.5. The van der Waals surface area contributed by atoms with E-state index in [9.17, 15) is 26.3 Å². The Bertz CT molecular complexity index is 1250. The number of rotatable bonds is 4. The molecule has 5 rings (SSSR count). The van der Waals surface area contributed by atoms with Gasteiger partial charge in [-0.2, -0.15) is 5.10 Å². The van der Waals surface area contributed by atoms with Crippen molar-refractivity contribution in [3.05, 3.63) is 53.9 Å². The van der Waals surface area contributed by atoms with Crippen LogP contribution in [0.3, 0.4) is 0 Å². The van der Waals surface area contributed by atoms with E-state index in [4.69, 9.17) is 12.2 Å². The van der Waals surface area contributed by atoms with E-state index in [-0.39, 0.29) is 34.2 Å². The van der Waals surface area contributed by atoms with Gasteiger partial charge >= 0.3 is 0 Å². The summed E-state index contributed by atoms with van der Waals surface area (Å²) in [4.78, 5) is 5.57. The Labute approximate surface area is 188 Å². The molecule has 0 spiro atoms. The second-order valence-electron chi connectivity index (χ2n) is 8.10. The summed E-state index contributed by atoms with van der Waals surface area (Å²) in [5.41, 5.74) is 0.252. The normalized spacial score (nSPS) is 23.0. The maximum Gasteiger partial charge on any atom is 0.270 e. The fraction of sp³-hybridized carbons (Fsp3) is 0.350. The number of benzene rings is 1. The molecule has 3 aromatic rings. The van der Waals surface area contributed by atoms with Gasteiger partial charge in [0.05, 0.1) is 24.8 Å². The molecule has 2 aromatic heterocycles. The standard InChI is InChI=1S/C20H16F6N6S/c21-10-1-2-12(22)11(5-10)14-6-19(23,24)9-31(14)16-3-4-32-17(30-16)13(8-27-32)28-18(33)29-15-7-20(15,25)26/h1-5,8,14-15H,6-7,9H2,(H2,28,29,33)/t14-,15?/m1/s1. The summed E-state index contributed by atoms with van der Waals surface area (Å²) in [6.07, 6.45) is 1.78. The van der Waals surface area contributed by atoms with Gasteiger partial charge in [-0.05, 0) is 36.5 Å². The van der Waals surface area contributed by atoms with Crippen LogP contribution in [0.25, 0.3) is 5.65 Å². The van der Waals surface area contributed by atoms with Gasteiger partial charge in [-0.15, -0.1) is 0 Å². The summed E-state index contributed by atoms with van der Waals surface area (Å²) in [6, 6.07) is 1.93. The van der Waals surface area contributed by atoms with E-state index >= 15 is 0 Å². The highest BCUT2D eigenvalue weighted by atomic mass is 32.1. The Balaban J connectivity index is 1.45. The van der Waals surface area contributed by atoms with Crippen molar-refractivity contribution in [1.82, 2.24) is 19.9 Å². The summed E-state index contributed by atoms with van der Waals surface area (Å²) in [5.74, 6) is -7.43. The number of hydrogen-bond donors (Lipinski definition) is 2. The molecule has 0 radical (unpaired) electrons. The molecule has 1 aromatic carbocycles. The molecular weight excluding hydrogens is 470 g/mol. The third-order valence-corrected chi connectivity index (χ3v) is 5.84. The van der Waals surface area contributed by atoms with Crippen LogP contribution < -0.4 is 15.5 Å². The van der Waals surface area contributed by atoms with Gasteiger partial charge in [0.1, 0.15) is 23.1 Å². The number of thiocarbonyl (C=S) groups is 1. The molecule has 2 aliphatic rings. The molecule has 3 heterocycles. The lowest BCUT2D eigenvalue weighted by Gasteiger charge is -2.25. The van der Waals surface area contributed by atoms with E-state index in [1.165, 1.54) is 27.9 Å². The average molecular weight is 486 g/mol. The van der Waals surface area contributed by atoms with Crippen molar-refractivity contribution in [2.24, 2.45) is 0 Å². The number of hydrogen-bond acceptors (Lipinski definition) is 4. The zero-order valence-corrected chi connectivity index (χ0v) is 17.5. The quantitative estimate of drug-likeness (QED) is 0.424. The number of alkyl halides is 4. The summed E-state index contributed by atoms with van der Waals surface area (Å²) in [6.45, 7) is -0.746. The van der Waals surface area contributed by atoms with Crippen molar-refractivity contribution in [2.45, 2.75) is 36.8 Å². The highest BCUT2D eigenvalue weighted by Crippen LogP contribution is 2.44. The van der Waals surface area contributed by atoms with E-state index in [2.05, 4.69) is 20.7 Å². The minimum Gasteiger partial charge on any atom is -0.353 e. The smallest absolute Gasteiger partial charge is 0.270 e. The minimum atomic E-state index is -3.15. The van der Waals surface area contributed by atoms with Gasteiger partial charge in [0.2, 0.25) is 0 Å². The fourth-order valence-electron chi connectivity index (χ4n) is 3.90. The minimum absolute atomic E-state index is 0.0632. The van der Waals surface area contributed by atoms with Crippen LogP contribution in [-0.2, 0) is 0 Å². The Morgan fingerprint density at radius 3 is 2.61 bits per heavy atom. The molecule has 1 aliphatic carbocycles. The number of nitrogens with one attached hydrogen (secondary N) is 2. The maximum absolute atomic E-state index is 14.4. The predicted molar refractivity (Wildman–Crippen MR) is 112 cm³/mol. The molecule has 1 aliphatic heterocycles. The van der Waals surface area contributed by atoms with Crippen molar-refractivity contribution in [2.75, 3.05) is 16.8 Å². The number of fused-ring (bicyclic) bond motifs is 1. The molecule has 1 saturated carbocycles. The zero-order valence-electron chi connectivity index (χ0n) is 16.7. The Kier molecular flexibility index (Phi) is 4.92. The number of halogens is 6. The molecule has 0 bridgehead atoms. The van der Waals surface area contributed by atoms with Crippen molar-refractivity contribution in [3.63, 3.8) is 0 Å². The highest BCUT2D eigenvalue weighted by Gasteiger charge is 2.57. The van der Waals surface area contributed by atoms with Gasteiger partial charge in [-0.3, -0.25) is 0 Å². The Hall–Kier alpha value is -3.09. The lowest BCUT2D eigenvalue weighted by atomic mass is 10.0. The summed E-state index contributed by atoms with van der Waals surface area (Å²) < 4.78 is 84.4. The van der Waals surface area contributed by atoms with Crippen LogP contribution in [0.15, 0.2) is 36.7 Å². The number of aromatic nitrogens is 3. The van der Waals surface area contributed by atoms with Gasteiger partial charge in [0.25, 0.3) is 11.8 Å². The van der Waals surface area contributed by atoms with Crippen LogP contribution in [0.2, 0.25) is 0 Å². The van der Waals surface area contributed by atoms with Crippen molar-refractivity contribution in [3.8, 4) is 0 Å². The molecular formula is C20H16F6N6S. The fourth-order valence-corrected chi connectivity index (χ4v) is 4.15. The van der Waals surface area contributed by atoms with Gasteiger partial charge in [0.15, 0.2) is 10.8 Å². The molecule has 6 nitrogen and oxygen atoms in total. The van der Waals surface area contributed by atoms with E-state index in [0.717, 1.165) is 18.2 Å². The molecule has 2 atom stereocenters. The molecule has 2 fully saturated rings. The Morgan fingerprint density at radius 1 is 1.12 bits per heavy atom. The molecule has 1 saturated heterocycles. The van der Waals surface area contributed by atoms with Crippen molar-refractivity contribution >= 4 is 34.5 Å². The van der Waals surface area contributed by atoms with Crippen LogP contribution in [-0.4, -0.2) is 44.1 Å². The van der Waals surface area contributed by atoms with Crippen LogP contribution in [0.4, 0.5) is 37.8 Å². The van der Waals surface area contributed by atoms with Crippen molar-refractivity contribution in [1.29, 1.82) is 0 Å². The first-order chi connectivity index (χ1) is 15.5. The highest BCUT2D eigenvalue weighted by molar-refractivity contribution is 7.80. The molecule has 2 N–H and O–H groups in total. The largest absolute Gasteiger partial charge is 0.353 e. The van der Waals surface area contributed by atoms with E-state index in [1.54, 1.807) is 0 Å². The van der Waals surface area contributed by atoms with E-state index in [0.29, 0.717) is 0 Å². The SMILES string of the molecule is Fc1ccc(F)c([C@H]2CC(F)(F)CN2c2ccn3ncc(NC(=S)NC4CC4(F)F)c3n2)c1. The summed E-state index contributed by atoms with van der Waals surface area (Å²) in [7, 11) is 0. The molecule has 13 heteroatoms. The van der Waals surface area contributed by atoms with Crippen molar-refractivity contribution < 1.29 is 26.3 Å². The molecule has 33 heavy (non-hydrogen) atoms. The second kappa shape index (κ2) is 7.47. The number of anilines is 2. The lowest BCUT2D eigenvalue weighted by molar-refractivity contribution is 0.0221. The maximum atomic E-state index is 14.4. The molecule has 1 unspecified atom stereocenters. The van der Waals surface area contributed by atoms with Crippen LogP contribution in [0.5, 0.6) is 0 Å². The summed E-state index contributed by atoms with van der Waals surface area (Å²) >= 11 is 5.06. The van der Waals surface area contributed by atoms with Gasteiger partial charge < -0.3 is 15.5 Å². The van der Waals surface area contributed by atoms with Crippen LogP contribution >= 0.6 is 12.2 Å².